The van der Waals surface area contributed by atoms with E-state index in [4.69, 9.17) is 4.74 Å². The quantitative estimate of drug-likeness (QED) is 0.745. The molecule has 0 radical (unpaired) electrons. The summed E-state index contributed by atoms with van der Waals surface area (Å²) in [5, 5.41) is 2.58. The van der Waals surface area contributed by atoms with Gasteiger partial charge in [0.15, 0.2) is 0 Å². The fraction of sp³-hybridized carbons (Fsp3) is 0.500. The number of alkyl carbamates (subject to hydrolysis) is 1. The van der Waals surface area contributed by atoms with Crippen LogP contribution in [0.15, 0.2) is 30.3 Å². The number of rotatable bonds is 5. The number of hydrogen-bond donors (Lipinski definition) is 1. The molecule has 0 atom stereocenters. The highest BCUT2D eigenvalue weighted by Crippen LogP contribution is 2.09. The Morgan fingerprint density at radius 3 is 2.53 bits per heavy atom. The van der Waals surface area contributed by atoms with Crippen molar-refractivity contribution in [3.8, 4) is 0 Å². The van der Waals surface area contributed by atoms with E-state index in [1.807, 2.05) is 0 Å². The molecule has 1 aromatic carbocycles. The van der Waals surface area contributed by atoms with Crippen LogP contribution < -0.4 is 5.32 Å². The van der Waals surface area contributed by atoms with Gasteiger partial charge >= 0.3 is 6.09 Å². The second kappa shape index (κ2) is 10.8. The number of hydrogen-bond acceptors (Lipinski definition) is 4. The van der Waals surface area contributed by atoms with Crippen molar-refractivity contribution < 1.29 is 23.5 Å². The Hall–Kier alpha value is -2.90. The van der Waals surface area contributed by atoms with E-state index in [1.165, 1.54) is 18.2 Å². The minimum absolute atomic E-state index is 0.0735. The standard InChI is InChI=1S/C22H30FN3O4/c1-22(2,3)30-21(29)24-11-10-20(28)26-13-5-12-25(14-15-26)19(27)9-8-17-6-4-7-18(23)16-17/h4,6-9,16H,5,10-15H2,1-3H3,(H,24,29)/b9-8+. The van der Waals surface area contributed by atoms with Gasteiger partial charge < -0.3 is 19.9 Å². The van der Waals surface area contributed by atoms with Crippen molar-refractivity contribution >= 4 is 24.0 Å². The van der Waals surface area contributed by atoms with Gasteiger partial charge in [-0.2, -0.15) is 0 Å². The molecule has 0 aliphatic carbocycles. The fourth-order valence-corrected chi connectivity index (χ4v) is 3.01. The predicted octanol–water partition coefficient (Wildman–Crippen LogP) is 2.81. The van der Waals surface area contributed by atoms with Crippen LogP contribution in [0.5, 0.6) is 0 Å². The first kappa shape index (κ1) is 23.4. The Labute approximate surface area is 176 Å². The summed E-state index contributed by atoms with van der Waals surface area (Å²) in [7, 11) is 0. The minimum atomic E-state index is -0.585. The molecule has 164 valence electrons. The van der Waals surface area contributed by atoms with E-state index in [1.54, 1.807) is 48.8 Å². The van der Waals surface area contributed by atoms with Crippen molar-refractivity contribution in [2.75, 3.05) is 32.7 Å². The van der Waals surface area contributed by atoms with Gasteiger partial charge in [-0.3, -0.25) is 9.59 Å². The fourth-order valence-electron chi connectivity index (χ4n) is 3.01. The zero-order chi connectivity index (χ0) is 22.1. The first-order valence-electron chi connectivity index (χ1n) is 10.1. The molecule has 0 aromatic heterocycles. The lowest BCUT2D eigenvalue weighted by Crippen LogP contribution is -2.39. The van der Waals surface area contributed by atoms with Crippen molar-refractivity contribution in [2.45, 2.75) is 39.2 Å². The molecular weight excluding hydrogens is 389 g/mol. The molecule has 0 bridgehead atoms. The lowest BCUT2D eigenvalue weighted by atomic mass is 10.2. The molecule has 7 nitrogen and oxygen atoms in total. The summed E-state index contributed by atoms with van der Waals surface area (Å²) in [6.45, 7) is 7.49. The van der Waals surface area contributed by atoms with Crippen molar-refractivity contribution in [1.82, 2.24) is 15.1 Å². The summed E-state index contributed by atoms with van der Waals surface area (Å²) < 4.78 is 18.4. The molecule has 3 amide bonds. The molecule has 0 unspecified atom stereocenters. The van der Waals surface area contributed by atoms with Crippen molar-refractivity contribution in [3.63, 3.8) is 0 Å². The summed E-state index contributed by atoms with van der Waals surface area (Å²) in [4.78, 5) is 39.9. The first-order valence-corrected chi connectivity index (χ1v) is 10.1. The van der Waals surface area contributed by atoms with Gasteiger partial charge in [-0.1, -0.05) is 12.1 Å². The molecule has 1 fully saturated rings. The highest BCUT2D eigenvalue weighted by Gasteiger charge is 2.21. The number of carbonyl (C=O) groups is 3. The van der Waals surface area contributed by atoms with E-state index < -0.39 is 11.7 Å². The van der Waals surface area contributed by atoms with Gasteiger partial charge in [-0.05, 0) is 51.0 Å². The molecule has 30 heavy (non-hydrogen) atoms. The van der Waals surface area contributed by atoms with Crippen molar-refractivity contribution in [1.29, 1.82) is 0 Å². The Balaban J connectivity index is 1.77. The Bertz CT molecular complexity index is 789. The average molecular weight is 419 g/mol. The van der Waals surface area contributed by atoms with Crippen LogP contribution in [0.1, 0.15) is 39.2 Å². The van der Waals surface area contributed by atoms with E-state index >= 15 is 0 Å². The van der Waals surface area contributed by atoms with Crippen molar-refractivity contribution in [3.05, 3.63) is 41.7 Å². The lowest BCUT2D eigenvalue weighted by molar-refractivity contribution is -0.131. The average Bonchev–Trinajstić information content (AvgIpc) is 2.91. The third-order valence-corrected chi connectivity index (χ3v) is 4.43. The monoisotopic (exact) mass is 419 g/mol. The molecule has 1 heterocycles. The maximum Gasteiger partial charge on any atom is 0.407 e. The molecule has 1 saturated heterocycles. The number of benzene rings is 1. The van der Waals surface area contributed by atoms with Crippen LogP contribution in [0.25, 0.3) is 6.08 Å². The zero-order valence-electron chi connectivity index (χ0n) is 17.8. The summed E-state index contributed by atoms with van der Waals surface area (Å²) in [6.07, 6.45) is 3.31. The van der Waals surface area contributed by atoms with Crippen LogP contribution >= 0.6 is 0 Å². The maximum atomic E-state index is 13.2. The third kappa shape index (κ3) is 8.23. The van der Waals surface area contributed by atoms with Gasteiger partial charge in [0.2, 0.25) is 11.8 Å². The number of amides is 3. The van der Waals surface area contributed by atoms with Gasteiger partial charge in [-0.15, -0.1) is 0 Å². The second-order valence-electron chi connectivity index (χ2n) is 8.13. The van der Waals surface area contributed by atoms with Crippen LogP contribution in [0.4, 0.5) is 9.18 Å². The topological polar surface area (TPSA) is 79.0 Å². The van der Waals surface area contributed by atoms with Gasteiger partial charge in [0.1, 0.15) is 11.4 Å². The molecule has 0 spiro atoms. The molecule has 1 N–H and O–H groups in total. The normalized spacial score (nSPS) is 15.1. The minimum Gasteiger partial charge on any atom is -0.444 e. The SMILES string of the molecule is CC(C)(C)OC(=O)NCCC(=O)N1CCCN(C(=O)/C=C/c2cccc(F)c2)CC1. The number of nitrogens with zero attached hydrogens (tertiary/aromatic N) is 2. The molecule has 2 rings (SSSR count). The van der Waals surface area contributed by atoms with Crippen LogP contribution in [0, 0.1) is 5.82 Å². The van der Waals surface area contributed by atoms with E-state index in [2.05, 4.69) is 5.32 Å². The van der Waals surface area contributed by atoms with E-state index in [0.29, 0.717) is 38.2 Å². The van der Waals surface area contributed by atoms with Gasteiger partial charge in [0, 0.05) is 45.2 Å². The number of ether oxygens (including phenoxy) is 1. The Morgan fingerprint density at radius 1 is 1.13 bits per heavy atom. The predicted molar refractivity (Wildman–Crippen MR) is 112 cm³/mol. The van der Waals surface area contributed by atoms with Gasteiger partial charge in [-0.25, -0.2) is 9.18 Å². The molecule has 1 aliphatic heterocycles. The highest BCUT2D eigenvalue weighted by molar-refractivity contribution is 5.91. The highest BCUT2D eigenvalue weighted by atomic mass is 19.1. The van der Waals surface area contributed by atoms with Crippen LogP contribution in [-0.2, 0) is 14.3 Å². The molecule has 8 heteroatoms. The lowest BCUT2D eigenvalue weighted by Gasteiger charge is -2.22. The second-order valence-corrected chi connectivity index (χ2v) is 8.13. The summed E-state index contributed by atoms with van der Waals surface area (Å²) in [5.41, 5.74) is 0.0327. The third-order valence-electron chi connectivity index (χ3n) is 4.43. The van der Waals surface area contributed by atoms with E-state index in [0.717, 1.165) is 0 Å². The number of carbonyl (C=O) groups excluding carboxylic acids is 3. The first-order chi connectivity index (χ1) is 14.1. The zero-order valence-corrected chi connectivity index (χ0v) is 17.8. The van der Waals surface area contributed by atoms with E-state index in [9.17, 15) is 18.8 Å². The Kier molecular flexibility index (Phi) is 8.38. The Morgan fingerprint density at radius 2 is 1.83 bits per heavy atom. The van der Waals surface area contributed by atoms with Gasteiger partial charge in [0.05, 0.1) is 0 Å². The summed E-state index contributed by atoms with van der Waals surface area (Å²) in [5.74, 6) is -0.592. The molecule has 1 aliphatic rings. The summed E-state index contributed by atoms with van der Waals surface area (Å²) in [6, 6.07) is 6.02. The van der Waals surface area contributed by atoms with Crippen LogP contribution in [0.3, 0.4) is 0 Å². The smallest absolute Gasteiger partial charge is 0.407 e. The van der Waals surface area contributed by atoms with Crippen molar-refractivity contribution in [2.24, 2.45) is 0 Å². The number of nitrogens with one attached hydrogen (secondary N) is 1. The maximum absolute atomic E-state index is 13.2. The largest absolute Gasteiger partial charge is 0.444 e. The number of halogens is 1. The molecular formula is C22H30FN3O4. The van der Waals surface area contributed by atoms with E-state index in [-0.39, 0.29) is 30.6 Å². The van der Waals surface area contributed by atoms with Crippen LogP contribution in [0.2, 0.25) is 0 Å². The van der Waals surface area contributed by atoms with Gasteiger partial charge in [0.25, 0.3) is 0 Å². The van der Waals surface area contributed by atoms with Crippen LogP contribution in [-0.4, -0.2) is 66.0 Å². The molecule has 1 aromatic rings. The summed E-state index contributed by atoms with van der Waals surface area (Å²) >= 11 is 0. The molecule has 0 saturated carbocycles.